The van der Waals surface area contributed by atoms with Crippen LogP contribution in [0.25, 0.3) is 0 Å². The molecule has 0 rings (SSSR count). The third-order valence-electron chi connectivity index (χ3n) is 1.98. The van der Waals surface area contributed by atoms with E-state index in [1.807, 2.05) is 13.8 Å². The molecule has 0 aromatic rings. The van der Waals surface area contributed by atoms with Gasteiger partial charge in [-0.3, -0.25) is 0 Å². The lowest BCUT2D eigenvalue weighted by molar-refractivity contribution is 0.578. The van der Waals surface area contributed by atoms with Gasteiger partial charge < -0.3 is 4.57 Å². The van der Waals surface area contributed by atoms with Gasteiger partial charge in [0.25, 0.3) is 0 Å². The summed E-state index contributed by atoms with van der Waals surface area (Å²) in [5.41, 5.74) is 1.27. The van der Waals surface area contributed by atoms with Gasteiger partial charge in [-0.15, -0.1) is 0 Å². The minimum Gasteiger partial charge on any atom is -0.323 e. The number of rotatable bonds is 4. The molecular weight excluding hydrogens is 155 g/mol. The SMILES string of the molecule is CCP(=O)(CC)CC=C(C)C. The van der Waals surface area contributed by atoms with Gasteiger partial charge in [-0.25, -0.2) is 0 Å². The lowest BCUT2D eigenvalue weighted by Gasteiger charge is -2.10. The van der Waals surface area contributed by atoms with Gasteiger partial charge in [0.2, 0.25) is 0 Å². The standard InChI is InChI=1S/C9H19OP/c1-5-11(10,6-2)8-7-9(3)4/h7H,5-6,8H2,1-4H3. The van der Waals surface area contributed by atoms with E-state index in [9.17, 15) is 4.57 Å². The molecule has 0 unspecified atom stereocenters. The summed E-state index contributed by atoms with van der Waals surface area (Å²) < 4.78 is 11.8. The van der Waals surface area contributed by atoms with E-state index in [1.165, 1.54) is 5.57 Å². The summed E-state index contributed by atoms with van der Waals surface area (Å²) in [5.74, 6) is 0. The highest BCUT2D eigenvalue weighted by molar-refractivity contribution is 7.64. The lowest BCUT2D eigenvalue weighted by Crippen LogP contribution is -1.93. The van der Waals surface area contributed by atoms with Gasteiger partial charge in [-0.2, -0.15) is 0 Å². The summed E-state index contributed by atoms with van der Waals surface area (Å²) in [6, 6.07) is 0. The second-order valence-electron chi connectivity index (χ2n) is 3.15. The van der Waals surface area contributed by atoms with Crippen LogP contribution < -0.4 is 0 Å². The van der Waals surface area contributed by atoms with Gasteiger partial charge in [0.05, 0.1) is 7.14 Å². The van der Waals surface area contributed by atoms with Gasteiger partial charge in [0.1, 0.15) is 0 Å². The number of hydrogen-bond acceptors (Lipinski definition) is 1. The molecule has 0 aromatic heterocycles. The van der Waals surface area contributed by atoms with Crippen LogP contribution in [0.1, 0.15) is 27.7 Å². The minimum atomic E-state index is -1.81. The van der Waals surface area contributed by atoms with E-state index in [2.05, 4.69) is 19.9 Å². The molecule has 2 heteroatoms. The average molecular weight is 174 g/mol. The van der Waals surface area contributed by atoms with Crippen LogP contribution in [-0.4, -0.2) is 18.5 Å². The van der Waals surface area contributed by atoms with Gasteiger partial charge in [-0.05, 0) is 26.2 Å². The zero-order valence-electron chi connectivity index (χ0n) is 8.05. The minimum absolute atomic E-state index is 0.794. The normalized spacial score (nSPS) is 11.3. The quantitative estimate of drug-likeness (QED) is 0.471. The topological polar surface area (TPSA) is 17.1 Å². The highest BCUT2D eigenvalue weighted by Crippen LogP contribution is 2.44. The van der Waals surface area contributed by atoms with Crippen molar-refractivity contribution in [3.63, 3.8) is 0 Å². The van der Waals surface area contributed by atoms with Crippen molar-refractivity contribution in [1.29, 1.82) is 0 Å². The van der Waals surface area contributed by atoms with Crippen molar-refractivity contribution in [1.82, 2.24) is 0 Å². The molecule has 0 fully saturated rings. The number of allylic oxidation sites excluding steroid dienone is 2. The first-order chi connectivity index (χ1) is 5.04. The van der Waals surface area contributed by atoms with Gasteiger partial charge in [-0.1, -0.05) is 25.5 Å². The maximum atomic E-state index is 11.8. The fraction of sp³-hybridized carbons (Fsp3) is 0.778. The molecule has 0 spiro atoms. The molecule has 0 amide bonds. The number of hydrogen-bond donors (Lipinski definition) is 0. The second-order valence-corrected chi connectivity index (χ2v) is 6.90. The molecule has 0 saturated heterocycles. The molecule has 1 nitrogen and oxygen atoms in total. The highest BCUT2D eigenvalue weighted by atomic mass is 31.2. The molecule has 0 aliphatic rings. The molecule has 11 heavy (non-hydrogen) atoms. The van der Waals surface area contributed by atoms with Crippen LogP contribution in [0.15, 0.2) is 11.6 Å². The Morgan fingerprint density at radius 3 is 2.00 bits per heavy atom. The molecule has 0 aliphatic carbocycles. The Balaban J connectivity index is 4.10. The predicted octanol–water partition coefficient (Wildman–Crippen LogP) is 3.36. The first-order valence-electron chi connectivity index (χ1n) is 4.24. The molecule has 0 aliphatic heterocycles. The summed E-state index contributed by atoms with van der Waals surface area (Å²) >= 11 is 0. The van der Waals surface area contributed by atoms with Crippen molar-refractivity contribution in [2.45, 2.75) is 27.7 Å². The Morgan fingerprint density at radius 2 is 1.73 bits per heavy atom. The van der Waals surface area contributed by atoms with Crippen LogP contribution in [0.2, 0.25) is 0 Å². The van der Waals surface area contributed by atoms with Crippen molar-refractivity contribution in [3.05, 3.63) is 11.6 Å². The van der Waals surface area contributed by atoms with Crippen LogP contribution in [-0.2, 0) is 4.57 Å². The van der Waals surface area contributed by atoms with E-state index in [-0.39, 0.29) is 0 Å². The summed E-state index contributed by atoms with van der Waals surface area (Å²) in [6.45, 7) is 8.14. The van der Waals surface area contributed by atoms with Crippen LogP contribution in [0, 0.1) is 0 Å². The van der Waals surface area contributed by atoms with E-state index in [4.69, 9.17) is 0 Å². The molecular formula is C9H19OP. The van der Waals surface area contributed by atoms with E-state index in [0.29, 0.717) is 0 Å². The van der Waals surface area contributed by atoms with E-state index in [1.54, 1.807) is 0 Å². The highest BCUT2D eigenvalue weighted by Gasteiger charge is 2.13. The van der Waals surface area contributed by atoms with Gasteiger partial charge in [0, 0.05) is 6.16 Å². The van der Waals surface area contributed by atoms with Crippen LogP contribution in [0.4, 0.5) is 0 Å². The molecule has 0 radical (unpaired) electrons. The monoisotopic (exact) mass is 174 g/mol. The molecule has 0 atom stereocenters. The molecule has 66 valence electrons. The molecule has 0 aromatic carbocycles. The fourth-order valence-corrected chi connectivity index (χ4v) is 2.49. The second kappa shape index (κ2) is 4.77. The maximum absolute atomic E-state index is 11.8. The Bertz CT molecular complexity index is 170. The van der Waals surface area contributed by atoms with E-state index >= 15 is 0 Å². The average Bonchev–Trinajstić information content (AvgIpc) is 2.00. The molecule has 0 saturated carbocycles. The van der Waals surface area contributed by atoms with Crippen molar-refractivity contribution in [3.8, 4) is 0 Å². The summed E-state index contributed by atoms with van der Waals surface area (Å²) in [7, 11) is -1.81. The molecule has 0 heterocycles. The van der Waals surface area contributed by atoms with Crippen molar-refractivity contribution < 1.29 is 4.57 Å². The lowest BCUT2D eigenvalue weighted by atomic mass is 10.3. The fourth-order valence-electron chi connectivity index (χ4n) is 0.831. The van der Waals surface area contributed by atoms with E-state index < -0.39 is 7.14 Å². The van der Waals surface area contributed by atoms with Crippen molar-refractivity contribution >= 4 is 7.14 Å². The Hall–Kier alpha value is -0.0300. The predicted molar refractivity (Wildman–Crippen MR) is 53.0 cm³/mol. The van der Waals surface area contributed by atoms with Gasteiger partial charge in [0.15, 0.2) is 0 Å². The van der Waals surface area contributed by atoms with Crippen molar-refractivity contribution in [2.24, 2.45) is 0 Å². The first-order valence-corrected chi connectivity index (χ1v) is 6.50. The zero-order chi connectivity index (χ0) is 8.91. The third kappa shape index (κ3) is 4.42. The van der Waals surface area contributed by atoms with Gasteiger partial charge >= 0.3 is 0 Å². The third-order valence-corrected chi connectivity index (χ3v) is 5.14. The van der Waals surface area contributed by atoms with Crippen LogP contribution in [0.5, 0.6) is 0 Å². The van der Waals surface area contributed by atoms with E-state index in [0.717, 1.165) is 18.5 Å². The zero-order valence-corrected chi connectivity index (χ0v) is 8.95. The van der Waals surface area contributed by atoms with Crippen LogP contribution >= 0.6 is 7.14 Å². The Morgan fingerprint density at radius 1 is 1.27 bits per heavy atom. The molecule has 0 N–H and O–H groups in total. The summed E-state index contributed by atoms with van der Waals surface area (Å²) in [4.78, 5) is 0. The largest absolute Gasteiger partial charge is 0.323 e. The first kappa shape index (κ1) is 11.0. The summed E-state index contributed by atoms with van der Waals surface area (Å²) in [5, 5.41) is 0. The Kier molecular flexibility index (Phi) is 4.76. The smallest absolute Gasteiger partial charge is 0.0908 e. The maximum Gasteiger partial charge on any atom is 0.0908 e. The van der Waals surface area contributed by atoms with Crippen molar-refractivity contribution in [2.75, 3.05) is 18.5 Å². The van der Waals surface area contributed by atoms with Crippen LogP contribution in [0.3, 0.4) is 0 Å². The molecule has 0 bridgehead atoms. The Labute approximate surface area is 70.3 Å². The summed E-state index contributed by atoms with van der Waals surface area (Å²) in [6.07, 6.45) is 4.57.